The van der Waals surface area contributed by atoms with Gasteiger partial charge in [0.1, 0.15) is 5.75 Å². The average molecular weight is 299 g/mol. The first-order valence-corrected chi connectivity index (χ1v) is 7.67. The third-order valence-electron chi connectivity index (χ3n) is 3.41. The van der Waals surface area contributed by atoms with Gasteiger partial charge in [-0.25, -0.2) is 0 Å². The fourth-order valence-corrected chi connectivity index (χ4v) is 2.46. The molecule has 3 N–H and O–H groups in total. The summed E-state index contributed by atoms with van der Waals surface area (Å²) in [5, 5.41) is 8.63. The molecule has 0 saturated heterocycles. The molecule has 0 unspecified atom stereocenters. The average Bonchev–Trinajstić information content (AvgIpc) is 2.37. The van der Waals surface area contributed by atoms with Crippen molar-refractivity contribution < 1.29 is 5.11 Å². The van der Waals surface area contributed by atoms with Gasteiger partial charge in [0.15, 0.2) is 0 Å². The summed E-state index contributed by atoms with van der Waals surface area (Å²) in [6.07, 6.45) is 0. The van der Waals surface area contributed by atoms with Gasteiger partial charge in [-0.2, -0.15) is 0 Å². The van der Waals surface area contributed by atoms with E-state index in [-0.39, 0.29) is 10.8 Å². The van der Waals surface area contributed by atoms with Crippen LogP contribution in [-0.2, 0) is 10.8 Å². The second-order valence-electron chi connectivity index (χ2n) is 7.61. The minimum Gasteiger partial charge on any atom is -0.508 e. The van der Waals surface area contributed by atoms with Gasteiger partial charge in [-0.3, -0.25) is 0 Å². The third kappa shape index (κ3) is 5.10. The molecule has 22 heavy (non-hydrogen) atoms. The first-order valence-electron chi connectivity index (χ1n) is 7.67. The summed E-state index contributed by atoms with van der Waals surface area (Å²) in [5.74, 6) is 0.322. The Morgan fingerprint density at radius 1 is 0.727 bits per heavy atom. The Hall–Kier alpha value is -1.96. The van der Waals surface area contributed by atoms with Crippen molar-refractivity contribution in [3.05, 3.63) is 59.7 Å². The molecule has 0 bridgehead atoms. The van der Waals surface area contributed by atoms with E-state index in [0.717, 1.165) is 5.69 Å². The van der Waals surface area contributed by atoms with Gasteiger partial charge in [-0.1, -0.05) is 71.9 Å². The number of phenols is 1. The number of hydrogen-bond donors (Lipinski definition) is 2. The zero-order chi connectivity index (χ0) is 17.0. The molecule has 2 aromatic carbocycles. The summed E-state index contributed by atoms with van der Waals surface area (Å²) in [4.78, 5) is 0. The second kappa shape index (κ2) is 6.87. The van der Waals surface area contributed by atoms with Crippen molar-refractivity contribution in [1.82, 2.24) is 0 Å². The summed E-state index contributed by atoms with van der Waals surface area (Å²) in [6, 6.07) is 14.9. The molecule has 0 amide bonds. The van der Waals surface area contributed by atoms with Crippen LogP contribution in [0.2, 0.25) is 0 Å². The van der Waals surface area contributed by atoms with E-state index in [9.17, 15) is 0 Å². The van der Waals surface area contributed by atoms with E-state index in [1.165, 1.54) is 11.1 Å². The normalized spacial score (nSPS) is 11.5. The number of hydrogen-bond acceptors (Lipinski definition) is 2. The number of nitrogens with two attached hydrogens (primary N) is 1. The molecule has 0 spiro atoms. The summed E-state index contributed by atoms with van der Waals surface area (Å²) in [7, 11) is 0. The molecular weight excluding hydrogens is 270 g/mol. The molecule has 0 fully saturated rings. The SMILES string of the molecule is CC(C)(C)c1cccc(N)c1C(C)(C)C.Oc1ccccc1. The fourth-order valence-electron chi connectivity index (χ4n) is 2.46. The molecular formula is C20H29NO. The molecule has 2 rings (SSSR count). The topological polar surface area (TPSA) is 46.2 Å². The van der Waals surface area contributed by atoms with Gasteiger partial charge in [0, 0.05) is 5.69 Å². The maximum atomic E-state index is 8.63. The number of rotatable bonds is 0. The number of nitrogen functional groups attached to an aromatic ring is 1. The van der Waals surface area contributed by atoms with Gasteiger partial charge in [-0.15, -0.1) is 0 Å². The van der Waals surface area contributed by atoms with Crippen molar-refractivity contribution in [3.63, 3.8) is 0 Å². The van der Waals surface area contributed by atoms with Crippen molar-refractivity contribution in [2.45, 2.75) is 52.4 Å². The first-order chi connectivity index (χ1) is 10.0. The molecule has 2 aromatic rings. The van der Waals surface area contributed by atoms with Crippen molar-refractivity contribution in [2.75, 3.05) is 5.73 Å². The van der Waals surface area contributed by atoms with Crippen molar-refractivity contribution in [1.29, 1.82) is 0 Å². The molecule has 0 heterocycles. The molecule has 2 nitrogen and oxygen atoms in total. The van der Waals surface area contributed by atoms with E-state index in [1.807, 2.05) is 18.2 Å². The van der Waals surface area contributed by atoms with Crippen LogP contribution in [-0.4, -0.2) is 5.11 Å². The van der Waals surface area contributed by atoms with Crippen LogP contribution in [0, 0.1) is 0 Å². The van der Waals surface area contributed by atoms with Gasteiger partial charge in [0.25, 0.3) is 0 Å². The van der Waals surface area contributed by atoms with Crippen LogP contribution in [0.15, 0.2) is 48.5 Å². The molecule has 0 aliphatic carbocycles. The highest BCUT2D eigenvalue weighted by atomic mass is 16.3. The van der Waals surface area contributed by atoms with Crippen LogP contribution in [0.25, 0.3) is 0 Å². The van der Waals surface area contributed by atoms with Crippen LogP contribution < -0.4 is 5.73 Å². The van der Waals surface area contributed by atoms with Crippen molar-refractivity contribution in [3.8, 4) is 5.75 Å². The van der Waals surface area contributed by atoms with Crippen LogP contribution in [0.5, 0.6) is 5.75 Å². The van der Waals surface area contributed by atoms with Gasteiger partial charge in [0.2, 0.25) is 0 Å². The van der Waals surface area contributed by atoms with Crippen LogP contribution >= 0.6 is 0 Å². The third-order valence-corrected chi connectivity index (χ3v) is 3.41. The zero-order valence-corrected chi connectivity index (χ0v) is 14.6. The van der Waals surface area contributed by atoms with E-state index in [1.54, 1.807) is 24.3 Å². The van der Waals surface area contributed by atoms with Gasteiger partial charge < -0.3 is 10.8 Å². The van der Waals surface area contributed by atoms with Gasteiger partial charge in [-0.05, 0) is 40.2 Å². The maximum absolute atomic E-state index is 8.63. The highest BCUT2D eigenvalue weighted by molar-refractivity contribution is 5.56. The Bertz CT molecular complexity index is 589. The number of anilines is 1. The highest BCUT2D eigenvalue weighted by Gasteiger charge is 2.26. The quantitative estimate of drug-likeness (QED) is 0.652. The predicted molar refractivity (Wildman–Crippen MR) is 96.4 cm³/mol. The van der Waals surface area contributed by atoms with Crippen LogP contribution in [0.4, 0.5) is 5.69 Å². The lowest BCUT2D eigenvalue weighted by atomic mass is 9.74. The molecule has 0 aromatic heterocycles. The Labute approximate surface area is 135 Å². The summed E-state index contributed by atoms with van der Waals surface area (Å²) in [5.41, 5.74) is 9.92. The Balaban J connectivity index is 0.000000287. The second-order valence-corrected chi connectivity index (χ2v) is 7.61. The predicted octanol–water partition coefficient (Wildman–Crippen LogP) is 5.26. The highest BCUT2D eigenvalue weighted by Crippen LogP contribution is 2.37. The van der Waals surface area contributed by atoms with Crippen molar-refractivity contribution in [2.24, 2.45) is 0 Å². The number of benzene rings is 2. The van der Waals surface area contributed by atoms with E-state index in [4.69, 9.17) is 10.8 Å². The summed E-state index contributed by atoms with van der Waals surface area (Å²) >= 11 is 0. The van der Waals surface area contributed by atoms with E-state index < -0.39 is 0 Å². The van der Waals surface area contributed by atoms with E-state index in [2.05, 4.69) is 47.6 Å². The fraction of sp³-hybridized carbons (Fsp3) is 0.400. The lowest BCUT2D eigenvalue weighted by Crippen LogP contribution is -2.23. The molecule has 0 radical (unpaired) electrons. The smallest absolute Gasteiger partial charge is 0.115 e. The Morgan fingerprint density at radius 3 is 1.59 bits per heavy atom. The molecule has 0 atom stereocenters. The zero-order valence-electron chi connectivity index (χ0n) is 14.6. The van der Waals surface area contributed by atoms with E-state index in [0.29, 0.717) is 5.75 Å². The largest absolute Gasteiger partial charge is 0.508 e. The summed E-state index contributed by atoms with van der Waals surface area (Å²) < 4.78 is 0. The number of phenolic OH excluding ortho intramolecular Hbond substituents is 1. The lowest BCUT2D eigenvalue weighted by Gasteiger charge is -2.31. The molecule has 0 aliphatic heterocycles. The standard InChI is InChI=1S/C14H23N.C6H6O/c1-13(2,3)10-8-7-9-11(15)12(10)14(4,5)6;7-6-4-2-1-3-5-6/h7-9H,15H2,1-6H3;1-5,7H. The molecule has 0 saturated carbocycles. The molecule has 0 aliphatic rings. The van der Waals surface area contributed by atoms with Crippen LogP contribution in [0.3, 0.4) is 0 Å². The Morgan fingerprint density at radius 2 is 1.27 bits per heavy atom. The minimum absolute atomic E-state index is 0.105. The number of para-hydroxylation sites is 1. The monoisotopic (exact) mass is 299 g/mol. The number of aromatic hydroxyl groups is 1. The van der Waals surface area contributed by atoms with Gasteiger partial charge >= 0.3 is 0 Å². The van der Waals surface area contributed by atoms with E-state index >= 15 is 0 Å². The lowest BCUT2D eigenvalue weighted by molar-refractivity contribution is 0.475. The van der Waals surface area contributed by atoms with Crippen LogP contribution in [0.1, 0.15) is 52.7 Å². The first kappa shape index (κ1) is 18.1. The minimum atomic E-state index is 0.105. The van der Waals surface area contributed by atoms with Gasteiger partial charge in [0.05, 0.1) is 0 Å². The molecule has 120 valence electrons. The maximum Gasteiger partial charge on any atom is 0.115 e. The van der Waals surface area contributed by atoms with Crippen molar-refractivity contribution >= 4 is 5.69 Å². The summed E-state index contributed by atoms with van der Waals surface area (Å²) in [6.45, 7) is 13.3. The molecule has 2 heteroatoms. The Kier molecular flexibility index (Phi) is 5.65.